The van der Waals surface area contributed by atoms with Crippen LogP contribution in [0.3, 0.4) is 0 Å². The van der Waals surface area contributed by atoms with Crippen molar-refractivity contribution in [1.29, 1.82) is 0 Å². The number of rotatable bonds is 8. The highest BCUT2D eigenvalue weighted by atomic mass is 19.1. The summed E-state index contributed by atoms with van der Waals surface area (Å²) in [7, 11) is 1.45. The molecule has 0 aromatic heterocycles. The molecule has 0 saturated heterocycles. The van der Waals surface area contributed by atoms with Crippen LogP contribution in [0.1, 0.15) is 5.56 Å². The van der Waals surface area contributed by atoms with Gasteiger partial charge in [0.25, 0.3) is 5.91 Å². The smallest absolute Gasteiger partial charge is 0.344 e. The predicted octanol–water partition coefficient (Wildman–Crippen LogP) is 2.31. The summed E-state index contributed by atoms with van der Waals surface area (Å²) in [6.07, 6.45) is 0. The number of hydrogen-bond donors (Lipinski definition) is 0. The van der Waals surface area contributed by atoms with E-state index in [0.29, 0.717) is 5.56 Å². The minimum absolute atomic E-state index is 0.0236. The number of benzene rings is 2. The molecular formula is C18H17FN2O6. The molecule has 0 unspecified atom stereocenters. The van der Waals surface area contributed by atoms with Gasteiger partial charge in [-0.3, -0.25) is 14.9 Å². The van der Waals surface area contributed by atoms with Crippen LogP contribution < -0.4 is 4.74 Å². The third kappa shape index (κ3) is 5.77. The van der Waals surface area contributed by atoms with Crippen molar-refractivity contribution in [3.05, 3.63) is 70.0 Å². The van der Waals surface area contributed by atoms with E-state index in [0.717, 1.165) is 0 Å². The fourth-order valence-electron chi connectivity index (χ4n) is 2.13. The Labute approximate surface area is 154 Å². The molecule has 0 atom stereocenters. The Morgan fingerprint density at radius 3 is 2.48 bits per heavy atom. The van der Waals surface area contributed by atoms with Crippen LogP contribution in [-0.4, -0.2) is 42.0 Å². The topological polar surface area (TPSA) is 99.0 Å². The van der Waals surface area contributed by atoms with E-state index < -0.39 is 35.8 Å². The van der Waals surface area contributed by atoms with Crippen molar-refractivity contribution in [2.75, 3.05) is 20.3 Å². The highest BCUT2D eigenvalue weighted by molar-refractivity contribution is 5.80. The van der Waals surface area contributed by atoms with E-state index in [1.165, 1.54) is 42.3 Å². The summed E-state index contributed by atoms with van der Waals surface area (Å²) >= 11 is 0. The minimum atomic E-state index is -0.860. The van der Waals surface area contributed by atoms with Crippen molar-refractivity contribution >= 4 is 17.6 Å². The quantitative estimate of drug-likeness (QED) is 0.398. The summed E-state index contributed by atoms with van der Waals surface area (Å²) in [5.41, 5.74) is 0.0467. The van der Waals surface area contributed by atoms with Gasteiger partial charge in [0.15, 0.2) is 19.0 Å². The summed E-state index contributed by atoms with van der Waals surface area (Å²) < 4.78 is 23.5. The van der Waals surface area contributed by atoms with Gasteiger partial charge >= 0.3 is 11.7 Å². The summed E-state index contributed by atoms with van der Waals surface area (Å²) in [6, 6.07) is 11.6. The maximum absolute atomic E-state index is 13.6. The number of hydrogen-bond acceptors (Lipinski definition) is 6. The average Bonchev–Trinajstić information content (AvgIpc) is 2.66. The number of nitro groups is 1. The summed E-state index contributed by atoms with van der Waals surface area (Å²) in [4.78, 5) is 35.1. The molecule has 0 spiro atoms. The van der Waals surface area contributed by atoms with Crippen LogP contribution >= 0.6 is 0 Å². The van der Waals surface area contributed by atoms with E-state index >= 15 is 0 Å². The SMILES string of the molecule is CN(Cc1ccccc1F)C(=O)COC(=O)COc1ccccc1[N+](=O)[O-]. The van der Waals surface area contributed by atoms with Gasteiger partial charge in [-0.25, -0.2) is 9.18 Å². The molecule has 0 bridgehead atoms. The number of likely N-dealkylation sites (N-methyl/N-ethyl adjacent to an activating group) is 1. The van der Waals surface area contributed by atoms with Gasteiger partial charge in [-0.1, -0.05) is 30.3 Å². The molecule has 0 heterocycles. The fourth-order valence-corrected chi connectivity index (χ4v) is 2.13. The number of nitro benzene ring substituents is 1. The lowest BCUT2D eigenvalue weighted by molar-refractivity contribution is -0.385. The van der Waals surface area contributed by atoms with Gasteiger partial charge < -0.3 is 14.4 Å². The lowest BCUT2D eigenvalue weighted by Gasteiger charge is -2.17. The largest absolute Gasteiger partial charge is 0.475 e. The first kappa shape index (κ1) is 19.8. The Morgan fingerprint density at radius 2 is 1.78 bits per heavy atom. The molecule has 0 aliphatic heterocycles. The van der Waals surface area contributed by atoms with Gasteiger partial charge in [0, 0.05) is 25.2 Å². The summed E-state index contributed by atoms with van der Waals surface area (Å²) in [5.74, 6) is -1.91. The number of para-hydroxylation sites is 2. The van der Waals surface area contributed by atoms with Crippen LogP contribution in [0.4, 0.5) is 10.1 Å². The third-order valence-corrected chi connectivity index (χ3v) is 3.56. The van der Waals surface area contributed by atoms with Crippen LogP contribution in [0.25, 0.3) is 0 Å². The number of esters is 1. The first-order valence-corrected chi connectivity index (χ1v) is 7.87. The van der Waals surface area contributed by atoms with Crippen molar-refractivity contribution in [1.82, 2.24) is 4.90 Å². The molecule has 0 fully saturated rings. The Balaban J connectivity index is 1.80. The first-order valence-electron chi connectivity index (χ1n) is 7.87. The molecule has 0 aliphatic carbocycles. The van der Waals surface area contributed by atoms with E-state index in [2.05, 4.69) is 0 Å². The number of halogens is 1. The average molecular weight is 376 g/mol. The zero-order chi connectivity index (χ0) is 19.8. The number of nitrogens with zero attached hydrogens (tertiary/aromatic N) is 2. The maximum atomic E-state index is 13.6. The third-order valence-electron chi connectivity index (χ3n) is 3.56. The molecule has 9 heteroatoms. The highest BCUT2D eigenvalue weighted by Crippen LogP contribution is 2.25. The van der Waals surface area contributed by atoms with E-state index in [-0.39, 0.29) is 18.0 Å². The Bertz CT molecular complexity index is 842. The van der Waals surface area contributed by atoms with Crippen molar-refractivity contribution in [3.63, 3.8) is 0 Å². The van der Waals surface area contributed by atoms with Gasteiger partial charge in [0.1, 0.15) is 5.82 Å². The summed E-state index contributed by atoms with van der Waals surface area (Å²) in [6.45, 7) is -1.12. The van der Waals surface area contributed by atoms with Gasteiger partial charge in [-0.2, -0.15) is 0 Å². The normalized spacial score (nSPS) is 10.1. The molecule has 1 amide bonds. The highest BCUT2D eigenvalue weighted by Gasteiger charge is 2.17. The molecule has 0 saturated carbocycles. The Morgan fingerprint density at radius 1 is 1.11 bits per heavy atom. The monoisotopic (exact) mass is 376 g/mol. The molecule has 142 valence electrons. The van der Waals surface area contributed by atoms with Crippen LogP contribution in [0.2, 0.25) is 0 Å². The van der Waals surface area contributed by atoms with Crippen molar-refractivity contribution in [2.24, 2.45) is 0 Å². The molecule has 2 rings (SSSR count). The van der Waals surface area contributed by atoms with Gasteiger partial charge in [-0.05, 0) is 12.1 Å². The molecule has 0 aliphatic rings. The Hall–Kier alpha value is -3.49. The van der Waals surface area contributed by atoms with Gasteiger partial charge in [-0.15, -0.1) is 0 Å². The maximum Gasteiger partial charge on any atom is 0.344 e. The first-order chi connectivity index (χ1) is 12.9. The lowest BCUT2D eigenvalue weighted by atomic mass is 10.2. The molecular weight excluding hydrogens is 359 g/mol. The van der Waals surface area contributed by atoms with Crippen LogP contribution in [0.5, 0.6) is 5.75 Å². The standard InChI is InChI=1S/C18H17FN2O6/c1-20(10-13-6-2-3-7-14(13)19)17(22)11-27-18(23)12-26-16-9-5-4-8-15(16)21(24)25/h2-9H,10-12H2,1H3. The predicted molar refractivity (Wildman–Crippen MR) is 92.4 cm³/mol. The second-order valence-electron chi connectivity index (χ2n) is 5.52. The zero-order valence-electron chi connectivity index (χ0n) is 14.5. The molecule has 27 heavy (non-hydrogen) atoms. The molecule has 2 aromatic rings. The van der Waals surface area contributed by atoms with E-state index in [4.69, 9.17) is 9.47 Å². The molecule has 2 aromatic carbocycles. The number of carbonyl (C=O) groups is 2. The van der Waals surface area contributed by atoms with E-state index in [1.807, 2.05) is 0 Å². The van der Waals surface area contributed by atoms with Crippen LogP contribution in [0.15, 0.2) is 48.5 Å². The molecule has 0 N–H and O–H groups in total. The van der Waals surface area contributed by atoms with E-state index in [9.17, 15) is 24.1 Å². The number of ether oxygens (including phenoxy) is 2. The molecule has 0 radical (unpaired) electrons. The Kier molecular flexibility index (Phi) is 6.81. The zero-order valence-corrected chi connectivity index (χ0v) is 14.5. The van der Waals surface area contributed by atoms with Gasteiger partial charge in [0.2, 0.25) is 0 Å². The molecule has 8 nitrogen and oxygen atoms in total. The second-order valence-corrected chi connectivity index (χ2v) is 5.52. The van der Waals surface area contributed by atoms with Gasteiger partial charge in [0.05, 0.1) is 4.92 Å². The van der Waals surface area contributed by atoms with Crippen molar-refractivity contribution in [3.8, 4) is 5.75 Å². The number of amides is 1. The van der Waals surface area contributed by atoms with Crippen molar-refractivity contribution < 1.29 is 28.4 Å². The second kappa shape index (κ2) is 9.27. The fraction of sp³-hybridized carbons (Fsp3) is 0.222. The van der Waals surface area contributed by atoms with Crippen LogP contribution in [-0.2, 0) is 20.9 Å². The van der Waals surface area contributed by atoms with Crippen LogP contribution in [0, 0.1) is 15.9 Å². The summed E-state index contributed by atoms with van der Waals surface area (Å²) in [5, 5.41) is 10.9. The minimum Gasteiger partial charge on any atom is -0.475 e. The van der Waals surface area contributed by atoms with Crippen molar-refractivity contribution in [2.45, 2.75) is 6.54 Å². The lowest BCUT2D eigenvalue weighted by Crippen LogP contribution is -2.32. The van der Waals surface area contributed by atoms with E-state index in [1.54, 1.807) is 18.2 Å². The number of carbonyl (C=O) groups excluding carboxylic acids is 2.